The van der Waals surface area contributed by atoms with Crippen molar-refractivity contribution in [1.82, 2.24) is 0 Å². The Kier molecular flexibility index (Phi) is 8.68. The molecule has 23 heavy (non-hydrogen) atoms. The fraction of sp³-hybridized carbons (Fsp3) is 0.571. The molecule has 1 aliphatic carbocycles. The van der Waals surface area contributed by atoms with Crippen LogP contribution in [-0.2, 0) is 9.53 Å². The third kappa shape index (κ3) is 7.49. The Morgan fingerprint density at radius 1 is 1.00 bits per heavy atom. The Morgan fingerprint density at radius 3 is 2.09 bits per heavy atom. The maximum Gasteiger partial charge on any atom is 0.333 e. The highest BCUT2D eigenvalue weighted by atomic mass is 16.5. The third-order valence-electron chi connectivity index (χ3n) is 4.64. The first kappa shape index (κ1) is 19.5. The molecule has 0 amide bonds. The topological polar surface area (TPSA) is 26.3 Å². The molecule has 0 saturated carbocycles. The summed E-state index contributed by atoms with van der Waals surface area (Å²) in [6.45, 7) is 10.6. The number of esters is 1. The molecule has 0 saturated heterocycles. The summed E-state index contributed by atoms with van der Waals surface area (Å²) in [7, 11) is 1.43. The second-order valence-electron chi connectivity index (χ2n) is 6.72. The molecule has 0 aromatic heterocycles. The second-order valence-corrected chi connectivity index (χ2v) is 6.72. The standard InChI is InChI=1S/C21H32O2/c1-16-8-6-10-17(2)12-14-20(19(4)21(22)23-5)15-13-18(3)11-7-9-16/h8,11-12,20H,4,6-7,9-10,13-15H2,1-3,5H3. The molecule has 0 radical (unpaired) electrons. The predicted molar refractivity (Wildman–Crippen MR) is 98.2 cm³/mol. The van der Waals surface area contributed by atoms with Gasteiger partial charge in [0.05, 0.1) is 7.11 Å². The third-order valence-corrected chi connectivity index (χ3v) is 4.64. The lowest BCUT2D eigenvalue weighted by Crippen LogP contribution is -2.14. The van der Waals surface area contributed by atoms with E-state index in [9.17, 15) is 4.79 Å². The van der Waals surface area contributed by atoms with Crippen LogP contribution < -0.4 is 0 Å². The minimum Gasteiger partial charge on any atom is -0.466 e. The van der Waals surface area contributed by atoms with E-state index in [0.717, 1.165) is 44.9 Å². The minimum absolute atomic E-state index is 0.168. The van der Waals surface area contributed by atoms with Crippen molar-refractivity contribution in [3.8, 4) is 0 Å². The van der Waals surface area contributed by atoms with Gasteiger partial charge in [-0.1, -0.05) is 41.5 Å². The molecule has 0 heterocycles. The molecule has 0 aliphatic heterocycles. The highest BCUT2D eigenvalue weighted by Gasteiger charge is 2.18. The van der Waals surface area contributed by atoms with Crippen molar-refractivity contribution in [3.05, 3.63) is 47.1 Å². The van der Waals surface area contributed by atoms with Gasteiger partial charge < -0.3 is 4.74 Å². The normalized spacial score (nSPS) is 21.4. The summed E-state index contributed by atoms with van der Waals surface area (Å²) < 4.78 is 4.86. The molecule has 0 N–H and O–H groups in total. The summed E-state index contributed by atoms with van der Waals surface area (Å²) in [6, 6.07) is 0. The van der Waals surface area contributed by atoms with Gasteiger partial charge in [-0.2, -0.15) is 0 Å². The van der Waals surface area contributed by atoms with Gasteiger partial charge in [0.2, 0.25) is 0 Å². The molecule has 0 bridgehead atoms. The van der Waals surface area contributed by atoms with E-state index < -0.39 is 0 Å². The van der Waals surface area contributed by atoms with Crippen LogP contribution in [-0.4, -0.2) is 13.1 Å². The quantitative estimate of drug-likeness (QED) is 0.359. The summed E-state index contributed by atoms with van der Waals surface area (Å²) in [6.07, 6.45) is 14.2. The van der Waals surface area contributed by atoms with Gasteiger partial charge in [-0.15, -0.1) is 0 Å². The highest BCUT2D eigenvalue weighted by molar-refractivity contribution is 5.88. The van der Waals surface area contributed by atoms with E-state index in [1.165, 1.54) is 23.8 Å². The second kappa shape index (κ2) is 10.3. The first-order valence-corrected chi connectivity index (χ1v) is 8.68. The molecular weight excluding hydrogens is 284 g/mol. The Hall–Kier alpha value is -1.57. The lowest BCUT2D eigenvalue weighted by molar-refractivity contribution is -0.136. The molecule has 0 spiro atoms. The molecule has 0 fully saturated rings. The minimum atomic E-state index is -0.276. The first-order valence-electron chi connectivity index (χ1n) is 8.68. The first-order chi connectivity index (χ1) is 10.9. The highest BCUT2D eigenvalue weighted by Crippen LogP contribution is 2.25. The van der Waals surface area contributed by atoms with Crippen LogP contribution >= 0.6 is 0 Å². The summed E-state index contributed by atoms with van der Waals surface area (Å²) in [4.78, 5) is 11.8. The van der Waals surface area contributed by atoms with Gasteiger partial charge in [-0.3, -0.25) is 0 Å². The van der Waals surface area contributed by atoms with E-state index in [4.69, 9.17) is 4.74 Å². The van der Waals surface area contributed by atoms with Crippen molar-refractivity contribution in [3.63, 3.8) is 0 Å². The van der Waals surface area contributed by atoms with Gasteiger partial charge in [0.15, 0.2) is 0 Å². The largest absolute Gasteiger partial charge is 0.466 e. The zero-order valence-electron chi connectivity index (χ0n) is 15.3. The number of methoxy groups -OCH3 is 1. The molecule has 0 aromatic rings. The van der Waals surface area contributed by atoms with Crippen LogP contribution in [0.15, 0.2) is 47.1 Å². The van der Waals surface area contributed by atoms with Crippen LogP contribution in [0.5, 0.6) is 0 Å². The zero-order valence-corrected chi connectivity index (χ0v) is 15.3. The average molecular weight is 316 g/mol. The van der Waals surface area contributed by atoms with E-state index in [2.05, 4.69) is 45.6 Å². The Bertz CT molecular complexity index is 506. The van der Waals surface area contributed by atoms with Crippen molar-refractivity contribution in [2.24, 2.45) is 5.92 Å². The number of hydrogen-bond donors (Lipinski definition) is 0. The van der Waals surface area contributed by atoms with Gasteiger partial charge in [0.1, 0.15) is 0 Å². The van der Waals surface area contributed by atoms with Gasteiger partial charge >= 0.3 is 5.97 Å². The van der Waals surface area contributed by atoms with Gasteiger partial charge in [-0.25, -0.2) is 4.79 Å². The van der Waals surface area contributed by atoms with Crippen molar-refractivity contribution < 1.29 is 9.53 Å². The molecule has 128 valence electrons. The van der Waals surface area contributed by atoms with Crippen molar-refractivity contribution >= 4 is 5.97 Å². The van der Waals surface area contributed by atoms with Crippen LogP contribution in [0.3, 0.4) is 0 Å². The van der Waals surface area contributed by atoms with Crippen LogP contribution in [0.25, 0.3) is 0 Å². The van der Waals surface area contributed by atoms with Gasteiger partial charge in [0, 0.05) is 5.57 Å². The number of carbonyl (C=O) groups is 1. The van der Waals surface area contributed by atoms with E-state index >= 15 is 0 Å². The van der Waals surface area contributed by atoms with Gasteiger partial charge in [-0.05, 0) is 71.6 Å². The van der Waals surface area contributed by atoms with E-state index in [0.29, 0.717) is 5.57 Å². The van der Waals surface area contributed by atoms with E-state index in [1.807, 2.05) is 0 Å². The number of allylic oxidation sites excluding steroid dienone is 6. The molecular formula is C21H32O2. The van der Waals surface area contributed by atoms with Crippen LogP contribution in [0.1, 0.15) is 65.7 Å². The van der Waals surface area contributed by atoms with Gasteiger partial charge in [0.25, 0.3) is 0 Å². The summed E-state index contributed by atoms with van der Waals surface area (Å²) >= 11 is 0. The lowest BCUT2D eigenvalue weighted by atomic mass is 9.89. The summed E-state index contributed by atoms with van der Waals surface area (Å²) in [5.74, 6) is -0.108. The Morgan fingerprint density at radius 2 is 1.52 bits per heavy atom. The number of carbonyl (C=O) groups excluding carboxylic acids is 1. The maximum atomic E-state index is 11.8. The maximum absolute atomic E-state index is 11.8. The fourth-order valence-corrected chi connectivity index (χ4v) is 2.88. The number of ether oxygens (including phenoxy) is 1. The van der Waals surface area contributed by atoms with E-state index in [1.54, 1.807) is 0 Å². The summed E-state index contributed by atoms with van der Waals surface area (Å²) in [5.41, 5.74) is 4.88. The number of hydrogen-bond acceptors (Lipinski definition) is 2. The molecule has 1 unspecified atom stereocenters. The predicted octanol–water partition coefficient (Wildman–Crippen LogP) is 5.92. The Labute approximate surface area is 142 Å². The zero-order chi connectivity index (χ0) is 17.2. The van der Waals surface area contributed by atoms with Crippen molar-refractivity contribution in [2.45, 2.75) is 65.7 Å². The number of rotatable bonds is 2. The van der Waals surface area contributed by atoms with Crippen molar-refractivity contribution in [1.29, 1.82) is 0 Å². The summed E-state index contributed by atoms with van der Waals surface area (Å²) in [5, 5.41) is 0. The molecule has 1 rings (SSSR count). The smallest absolute Gasteiger partial charge is 0.333 e. The molecule has 1 aliphatic rings. The SMILES string of the molecule is C=C(C(=O)OC)C1CC=C(C)CCC=C(C)CCC=C(C)CC1. The molecule has 2 heteroatoms. The van der Waals surface area contributed by atoms with Crippen LogP contribution in [0.4, 0.5) is 0 Å². The lowest BCUT2D eigenvalue weighted by Gasteiger charge is -2.17. The molecule has 2 nitrogen and oxygen atoms in total. The van der Waals surface area contributed by atoms with Crippen LogP contribution in [0.2, 0.25) is 0 Å². The van der Waals surface area contributed by atoms with Crippen LogP contribution in [0, 0.1) is 5.92 Å². The fourth-order valence-electron chi connectivity index (χ4n) is 2.88. The monoisotopic (exact) mass is 316 g/mol. The Balaban J connectivity index is 2.88. The van der Waals surface area contributed by atoms with E-state index in [-0.39, 0.29) is 11.9 Å². The molecule has 0 aromatic carbocycles. The average Bonchev–Trinajstić information content (AvgIpc) is 2.52. The molecule has 1 atom stereocenters. The van der Waals surface area contributed by atoms with Crippen molar-refractivity contribution in [2.75, 3.05) is 7.11 Å².